The minimum Gasteiger partial charge on any atom is -0.610 e. The van der Waals surface area contributed by atoms with Gasteiger partial charge in [-0.15, -0.1) is 11.3 Å². The van der Waals surface area contributed by atoms with Crippen LogP contribution in [0.15, 0.2) is 41.2 Å². The maximum absolute atomic E-state index is 13.4. The maximum Gasteiger partial charge on any atom is 0.355 e. The predicted molar refractivity (Wildman–Crippen MR) is 135 cm³/mol. The van der Waals surface area contributed by atoms with Crippen LogP contribution in [0.2, 0.25) is 0 Å². The maximum atomic E-state index is 13.4. The average molecular weight is 545 g/mol. The van der Waals surface area contributed by atoms with E-state index in [2.05, 4.69) is 4.98 Å². The summed E-state index contributed by atoms with van der Waals surface area (Å²) in [6.45, 7) is 5.13. The Balaban J connectivity index is 1.53. The fourth-order valence-electron chi connectivity index (χ4n) is 5.12. The van der Waals surface area contributed by atoms with Crippen molar-refractivity contribution in [3.05, 3.63) is 62.5 Å². The van der Waals surface area contributed by atoms with Gasteiger partial charge in [-0.1, -0.05) is 6.92 Å². The van der Waals surface area contributed by atoms with Crippen molar-refractivity contribution in [1.82, 2.24) is 14.3 Å². The van der Waals surface area contributed by atoms with E-state index in [1.54, 1.807) is 20.1 Å². The Morgan fingerprint density at radius 2 is 2.03 bits per heavy atom. The highest BCUT2D eigenvalue weighted by molar-refractivity contribution is 7.91. The van der Waals surface area contributed by atoms with Crippen molar-refractivity contribution in [2.24, 2.45) is 11.8 Å². The minimum absolute atomic E-state index is 0.0749. The van der Waals surface area contributed by atoms with Crippen LogP contribution < -0.4 is 0 Å². The number of carbonyl (C=O) groups is 2. The summed E-state index contributed by atoms with van der Waals surface area (Å²) in [5.74, 6) is -1.31. The van der Waals surface area contributed by atoms with Gasteiger partial charge in [0, 0.05) is 41.0 Å². The van der Waals surface area contributed by atoms with Gasteiger partial charge in [0.1, 0.15) is 24.4 Å². The van der Waals surface area contributed by atoms with Crippen LogP contribution in [0.5, 0.6) is 0 Å². The fraction of sp³-hybridized carbons (Fsp3) is 0.375. The number of nitro groups is 1. The summed E-state index contributed by atoms with van der Waals surface area (Å²) in [4.78, 5) is 44.0. The molecule has 4 heterocycles. The Kier molecular flexibility index (Phi) is 6.34. The molecule has 13 heteroatoms. The Morgan fingerprint density at radius 3 is 2.62 bits per heavy atom. The number of aliphatic hydroxyl groups excluding tert-OH is 1. The quantitative estimate of drug-likeness (QED) is 0.157. The highest BCUT2D eigenvalue weighted by atomic mass is 32.2. The topological polar surface area (TPSA) is 150 Å². The van der Waals surface area contributed by atoms with E-state index in [9.17, 15) is 29.4 Å². The van der Waals surface area contributed by atoms with Crippen molar-refractivity contribution in [3.8, 4) is 0 Å². The minimum atomic E-state index is -1.31. The number of esters is 1. The molecule has 0 saturated carbocycles. The van der Waals surface area contributed by atoms with Gasteiger partial charge in [-0.25, -0.2) is 4.79 Å². The summed E-state index contributed by atoms with van der Waals surface area (Å²) in [5.41, 5.74) is 1.23. The number of amides is 1. The van der Waals surface area contributed by atoms with Gasteiger partial charge < -0.3 is 19.3 Å². The first-order valence-corrected chi connectivity index (χ1v) is 13.9. The van der Waals surface area contributed by atoms with Gasteiger partial charge in [0.25, 0.3) is 10.7 Å². The number of carbonyl (C=O) groups excluding carboxylic acids is 2. The number of thiazole rings is 1. The summed E-state index contributed by atoms with van der Waals surface area (Å²) < 4.78 is 19.6. The highest BCUT2D eigenvalue weighted by Gasteiger charge is 2.60. The molecule has 11 nitrogen and oxygen atoms in total. The van der Waals surface area contributed by atoms with Gasteiger partial charge in [0.2, 0.25) is 5.91 Å². The summed E-state index contributed by atoms with van der Waals surface area (Å²) >= 11 is 0.0198. The summed E-state index contributed by atoms with van der Waals surface area (Å²) in [5, 5.41) is 21.6. The van der Waals surface area contributed by atoms with E-state index in [0.29, 0.717) is 31.7 Å². The number of aromatic nitrogens is 2. The van der Waals surface area contributed by atoms with Gasteiger partial charge in [0.15, 0.2) is 4.83 Å². The molecule has 37 heavy (non-hydrogen) atoms. The molecule has 0 aliphatic carbocycles. The molecule has 1 saturated heterocycles. The number of fused-ring (bicyclic) bond motifs is 2. The molecule has 0 bridgehead atoms. The van der Waals surface area contributed by atoms with E-state index in [4.69, 9.17) is 4.74 Å². The van der Waals surface area contributed by atoms with E-state index in [-0.39, 0.29) is 29.8 Å². The Morgan fingerprint density at radius 1 is 1.35 bits per heavy atom. The van der Waals surface area contributed by atoms with E-state index in [0.717, 1.165) is 0 Å². The molecule has 5 atom stereocenters. The van der Waals surface area contributed by atoms with Crippen LogP contribution in [-0.4, -0.2) is 59.1 Å². The monoisotopic (exact) mass is 544 g/mol. The van der Waals surface area contributed by atoms with Crippen LogP contribution in [0.1, 0.15) is 30.1 Å². The number of hydrogen-bond acceptors (Lipinski definition) is 9. The van der Waals surface area contributed by atoms with Crippen molar-refractivity contribution in [2.75, 3.05) is 6.26 Å². The molecular weight excluding hydrogens is 520 g/mol. The molecule has 1 aromatic carbocycles. The average Bonchev–Trinajstić information content (AvgIpc) is 3.47. The van der Waals surface area contributed by atoms with E-state index in [1.165, 1.54) is 40.5 Å². The van der Waals surface area contributed by atoms with Crippen molar-refractivity contribution in [2.45, 2.75) is 44.5 Å². The number of nitro benzene ring substituents is 1. The van der Waals surface area contributed by atoms with E-state index < -0.39 is 40.1 Å². The molecule has 1 unspecified atom stereocenters. The number of benzene rings is 1. The van der Waals surface area contributed by atoms with Gasteiger partial charge in [0.05, 0.1) is 27.9 Å². The van der Waals surface area contributed by atoms with Crippen LogP contribution in [0.25, 0.3) is 10.4 Å². The normalized spacial score (nSPS) is 22.7. The van der Waals surface area contributed by atoms with E-state index >= 15 is 0 Å². The number of hydrogen-bond donors (Lipinski definition) is 1. The first-order chi connectivity index (χ1) is 17.5. The third-order valence-corrected chi connectivity index (χ3v) is 8.97. The van der Waals surface area contributed by atoms with Crippen LogP contribution >= 0.6 is 11.3 Å². The number of ether oxygens (including phenoxy) is 1. The van der Waals surface area contributed by atoms with Crippen molar-refractivity contribution in [1.29, 1.82) is 0 Å². The standard InChI is InChI=1S/C24H24N4O7S2/c1-11-17(16-9-26-13(3)25-21(37(4)34)23(26)36-16)20(27-19(11)18(12(2)29)22(27)30)24(31)35-10-14-5-7-15(8-6-14)28(32)33/h5-9,11-12,18-19,29H,10H2,1-4H3/t11-,12+,18+,19+,37?/m0/s1. The number of aryl methyl sites for hydroxylation is 1. The summed E-state index contributed by atoms with van der Waals surface area (Å²) in [6.07, 6.45) is 2.49. The highest BCUT2D eigenvalue weighted by Crippen LogP contribution is 2.52. The lowest BCUT2D eigenvalue weighted by atomic mass is 9.77. The summed E-state index contributed by atoms with van der Waals surface area (Å²) in [7, 11) is 0. The lowest BCUT2D eigenvalue weighted by Gasteiger charge is -2.46. The van der Waals surface area contributed by atoms with Gasteiger partial charge in [-0.2, -0.15) is 4.98 Å². The van der Waals surface area contributed by atoms with Crippen LogP contribution in [0, 0.1) is 28.9 Å². The molecule has 2 aliphatic heterocycles. The van der Waals surface area contributed by atoms with Crippen LogP contribution in [-0.2, 0) is 32.1 Å². The first-order valence-electron chi connectivity index (χ1n) is 11.5. The van der Waals surface area contributed by atoms with Gasteiger partial charge in [-0.05, 0) is 31.5 Å². The SMILES string of the molecule is Cc1nc([S+](C)[O-])c2sc(C3=C(C(=O)OCc4ccc([N+](=O)[O-])cc4)N4C(=O)[C@H]([C@@H](C)O)[C@H]4[C@H]3C)cn12. The van der Waals surface area contributed by atoms with E-state index in [1.807, 2.05) is 17.5 Å². The zero-order valence-electron chi connectivity index (χ0n) is 20.4. The van der Waals surface area contributed by atoms with Crippen LogP contribution in [0.3, 0.4) is 0 Å². The Bertz CT molecular complexity index is 1460. The fourth-order valence-corrected chi connectivity index (χ4v) is 7.37. The number of non-ortho nitro benzene ring substituents is 1. The molecule has 5 rings (SSSR count). The molecule has 2 aromatic heterocycles. The zero-order chi connectivity index (χ0) is 26.8. The molecule has 2 aliphatic rings. The smallest absolute Gasteiger partial charge is 0.355 e. The van der Waals surface area contributed by atoms with Crippen molar-refractivity contribution < 1.29 is 28.9 Å². The third kappa shape index (κ3) is 4.02. The van der Waals surface area contributed by atoms with Gasteiger partial charge >= 0.3 is 5.97 Å². The molecule has 1 amide bonds. The molecule has 0 radical (unpaired) electrons. The second-order valence-corrected chi connectivity index (χ2v) is 11.5. The third-order valence-electron chi connectivity index (χ3n) is 6.89. The number of β-lactam (4-membered cyclic amide) rings is 1. The number of nitrogens with zero attached hydrogens (tertiary/aromatic N) is 4. The molecule has 1 N–H and O–H groups in total. The summed E-state index contributed by atoms with van der Waals surface area (Å²) in [6, 6.07) is 5.26. The Labute approximate surface area is 218 Å². The lowest BCUT2D eigenvalue weighted by Crippen LogP contribution is -2.63. The number of rotatable bonds is 7. The Hall–Kier alpha value is -3.26. The molecular formula is C24H24N4O7S2. The molecule has 1 fully saturated rings. The second-order valence-electron chi connectivity index (χ2n) is 9.20. The number of imidazole rings is 1. The molecule has 194 valence electrons. The van der Waals surface area contributed by atoms with Crippen LogP contribution in [0.4, 0.5) is 5.69 Å². The first kappa shape index (κ1) is 25.4. The number of aliphatic hydroxyl groups is 1. The molecule has 3 aromatic rings. The van der Waals surface area contributed by atoms with Gasteiger partial charge in [-0.3, -0.25) is 19.3 Å². The molecule has 0 spiro atoms. The van der Waals surface area contributed by atoms with Crippen molar-refractivity contribution in [3.63, 3.8) is 0 Å². The second kappa shape index (κ2) is 9.24. The van der Waals surface area contributed by atoms with Crippen molar-refractivity contribution >= 4 is 50.5 Å². The predicted octanol–water partition coefficient (Wildman–Crippen LogP) is 2.66. The largest absolute Gasteiger partial charge is 0.610 e. The zero-order valence-corrected chi connectivity index (χ0v) is 22.0. The lowest BCUT2D eigenvalue weighted by molar-refractivity contribution is -0.384.